The van der Waals surface area contributed by atoms with E-state index in [4.69, 9.17) is 27.9 Å². The lowest BCUT2D eigenvalue weighted by Crippen LogP contribution is -2.37. The fourth-order valence-corrected chi connectivity index (χ4v) is 1.64. The van der Waals surface area contributed by atoms with Crippen molar-refractivity contribution in [3.8, 4) is 5.75 Å². The number of hydrogen-bond acceptors (Lipinski definition) is 3. The highest BCUT2D eigenvalue weighted by Gasteiger charge is 2.15. The summed E-state index contributed by atoms with van der Waals surface area (Å²) >= 11 is 11.8. The zero-order chi connectivity index (χ0) is 13.7. The number of carbonyl (C=O) groups excluding carboxylic acids is 1. The number of methoxy groups -OCH3 is 1. The summed E-state index contributed by atoms with van der Waals surface area (Å²) in [4.78, 5) is 12.0. The van der Waals surface area contributed by atoms with Crippen LogP contribution in [0.4, 0.5) is 0 Å². The summed E-state index contributed by atoms with van der Waals surface area (Å²) in [7, 11) is 3.31. The molecule has 100 valence electrons. The molecule has 0 aromatic heterocycles. The van der Waals surface area contributed by atoms with Gasteiger partial charge in [-0.2, -0.15) is 0 Å². The molecule has 0 aliphatic rings. The Bertz CT molecular complexity index is 438. The second kappa shape index (κ2) is 6.83. The number of hydrogen-bond donors (Lipinski definition) is 2. The van der Waals surface area contributed by atoms with Crippen LogP contribution in [0.1, 0.15) is 17.3 Å². The zero-order valence-electron chi connectivity index (χ0n) is 10.5. The molecule has 0 heterocycles. The van der Waals surface area contributed by atoms with Crippen LogP contribution in [-0.4, -0.2) is 32.7 Å². The Morgan fingerprint density at radius 2 is 2.00 bits per heavy atom. The number of likely N-dealkylation sites (N-methyl/N-ethyl adjacent to an activating group) is 1. The molecule has 0 aliphatic heterocycles. The van der Waals surface area contributed by atoms with Crippen molar-refractivity contribution in [1.29, 1.82) is 0 Å². The van der Waals surface area contributed by atoms with E-state index in [0.29, 0.717) is 27.9 Å². The smallest absolute Gasteiger partial charge is 0.255 e. The van der Waals surface area contributed by atoms with E-state index in [9.17, 15) is 4.79 Å². The minimum Gasteiger partial charge on any atom is -0.496 e. The molecular formula is C12H16Cl2N2O2. The first-order chi connectivity index (χ1) is 8.49. The van der Waals surface area contributed by atoms with E-state index in [2.05, 4.69) is 10.6 Å². The van der Waals surface area contributed by atoms with Gasteiger partial charge in [0.05, 0.1) is 22.7 Å². The fourth-order valence-electron chi connectivity index (χ4n) is 1.32. The largest absolute Gasteiger partial charge is 0.496 e. The molecule has 1 atom stereocenters. The third-order valence-corrected chi connectivity index (χ3v) is 3.27. The molecule has 0 fully saturated rings. The summed E-state index contributed by atoms with van der Waals surface area (Å²) < 4.78 is 5.12. The quantitative estimate of drug-likeness (QED) is 0.875. The van der Waals surface area contributed by atoms with Crippen molar-refractivity contribution in [2.45, 2.75) is 13.0 Å². The lowest BCUT2D eigenvalue weighted by molar-refractivity contribution is 0.0947. The molecular weight excluding hydrogens is 275 g/mol. The van der Waals surface area contributed by atoms with E-state index in [1.165, 1.54) is 19.2 Å². The summed E-state index contributed by atoms with van der Waals surface area (Å²) in [5, 5.41) is 6.49. The van der Waals surface area contributed by atoms with Gasteiger partial charge in [0, 0.05) is 18.7 Å². The lowest BCUT2D eigenvalue weighted by Gasteiger charge is -2.13. The average molecular weight is 291 g/mol. The molecule has 2 N–H and O–H groups in total. The van der Waals surface area contributed by atoms with Crippen molar-refractivity contribution in [3.63, 3.8) is 0 Å². The first kappa shape index (κ1) is 15.1. The Morgan fingerprint density at radius 1 is 1.39 bits per heavy atom. The summed E-state index contributed by atoms with van der Waals surface area (Å²) in [5.74, 6) is 0.159. The topological polar surface area (TPSA) is 50.4 Å². The standard InChI is InChI=1S/C12H16Cl2N2O2/c1-7(15-2)6-16-12(17)8-4-9(13)10(14)5-11(8)18-3/h4-5,7,15H,6H2,1-3H3,(H,16,17). The van der Waals surface area contributed by atoms with Crippen LogP contribution >= 0.6 is 23.2 Å². The number of amides is 1. The Labute approximate surface area is 117 Å². The Kier molecular flexibility index (Phi) is 5.72. The summed E-state index contributed by atoms with van der Waals surface area (Å²) in [6, 6.07) is 3.21. The average Bonchev–Trinajstić information content (AvgIpc) is 2.37. The van der Waals surface area contributed by atoms with E-state index in [1.807, 2.05) is 14.0 Å². The molecule has 0 saturated carbocycles. The maximum absolute atomic E-state index is 12.0. The van der Waals surface area contributed by atoms with Gasteiger partial charge >= 0.3 is 0 Å². The molecule has 1 rings (SSSR count). The zero-order valence-corrected chi connectivity index (χ0v) is 12.0. The van der Waals surface area contributed by atoms with E-state index in [1.54, 1.807) is 0 Å². The minimum atomic E-state index is -0.243. The van der Waals surface area contributed by atoms with Crippen molar-refractivity contribution in [2.75, 3.05) is 20.7 Å². The highest BCUT2D eigenvalue weighted by Crippen LogP contribution is 2.30. The van der Waals surface area contributed by atoms with Gasteiger partial charge in [-0.25, -0.2) is 0 Å². The van der Waals surface area contributed by atoms with Crippen LogP contribution in [0.15, 0.2) is 12.1 Å². The molecule has 18 heavy (non-hydrogen) atoms. The van der Waals surface area contributed by atoms with Gasteiger partial charge in [0.15, 0.2) is 0 Å². The number of benzene rings is 1. The van der Waals surface area contributed by atoms with Gasteiger partial charge in [-0.3, -0.25) is 4.79 Å². The second-order valence-electron chi connectivity index (χ2n) is 3.87. The first-order valence-electron chi connectivity index (χ1n) is 5.48. The van der Waals surface area contributed by atoms with Crippen molar-refractivity contribution in [1.82, 2.24) is 10.6 Å². The van der Waals surface area contributed by atoms with Crippen LogP contribution in [0.25, 0.3) is 0 Å². The normalized spacial score (nSPS) is 12.1. The number of ether oxygens (including phenoxy) is 1. The molecule has 0 radical (unpaired) electrons. The van der Waals surface area contributed by atoms with Crippen molar-refractivity contribution < 1.29 is 9.53 Å². The SMILES string of the molecule is CNC(C)CNC(=O)c1cc(Cl)c(Cl)cc1OC. The fraction of sp³-hybridized carbons (Fsp3) is 0.417. The minimum absolute atomic E-state index is 0.183. The molecule has 0 aliphatic carbocycles. The summed E-state index contributed by atoms with van der Waals surface area (Å²) in [6.07, 6.45) is 0. The van der Waals surface area contributed by atoms with E-state index in [-0.39, 0.29) is 11.9 Å². The predicted molar refractivity (Wildman–Crippen MR) is 73.9 cm³/mol. The van der Waals surface area contributed by atoms with Crippen LogP contribution in [0.2, 0.25) is 10.0 Å². The van der Waals surface area contributed by atoms with Gasteiger partial charge in [0.25, 0.3) is 5.91 Å². The molecule has 6 heteroatoms. The number of rotatable bonds is 5. The van der Waals surface area contributed by atoms with Gasteiger partial charge in [0.1, 0.15) is 5.75 Å². The second-order valence-corrected chi connectivity index (χ2v) is 4.68. The summed E-state index contributed by atoms with van der Waals surface area (Å²) in [6.45, 7) is 2.48. The number of carbonyl (C=O) groups is 1. The Morgan fingerprint density at radius 3 is 2.56 bits per heavy atom. The van der Waals surface area contributed by atoms with Crippen LogP contribution < -0.4 is 15.4 Å². The highest BCUT2D eigenvalue weighted by molar-refractivity contribution is 6.42. The third kappa shape index (κ3) is 3.77. The van der Waals surface area contributed by atoms with Crippen LogP contribution in [-0.2, 0) is 0 Å². The van der Waals surface area contributed by atoms with Crippen molar-refractivity contribution in [3.05, 3.63) is 27.7 Å². The third-order valence-electron chi connectivity index (χ3n) is 2.55. The van der Waals surface area contributed by atoms with Gasteiger partial charge in [-0.1, -0.05) is 23.2 Å². The van der Waals surface area contributed by atoms with Crippen molar-refractivity contribution >= 4 is 29.1 Å². The molecule has 1 unspecified atom stereocenters. The van der Waals surface area contributed by atoms with Crippen LogP contribution in [0.3, 0.4) is 0 Å². The van der Waals surface area contributed by atoms with Gasteiger partial charge in [0.2, 0.25) is 0 Å². The predicted octanol–water partition coefficient (Wildman–Crippen LogP) is 2.34. The van der Waals surface area contributed by atoms with E-state index >= 15 is 0 Å². The summed E-state index contributed by atoms with van der Waals surface area (Å²) in [5.41, 5.74) is 0.371. The number of nitrogens with one attached hydrogen (secondary N) is 2. The Hall–Kier alpha value is -0.970. The molecule has 1 aromatic carbocycles. The maximum Gasteiger partial charge on any atom is 0.255 e. The van der Waals surface area contributed by atoms with Gasteiger partial charge in [-0.15, -0.1) is 0 Å². The molecule has 1 amide bonds. The molecule has 4 nitrogen and oxygen atoms in total. The van der Waals surface area contributed by atoms with E-state index in [0.717, 1.165) is 0 Å². The molecule has 0 bridgehead atoms. The lowest BCUT2D eigenvalue weighted by atomic mass is 10.2. The first-order valence-corrected chi connectivity index (χ1v) is 6.23. The van der Waals surface area contributed by atoms with Gasteiger partial charge in [-0.05, 0) is 20.0 Å². The molecule has 0 saturated heterocycles. The molecule has 1 aromatic rings. The monoisotopic (exact) mass is 290 g/mol. The van der Waals surface area contributed by atoms with E-state index < -0.39 is 0 Å². The molecule has 0 spiro atoms. The Balaban J connectivity index is 2.87. The van der Waals surface area contributed by atoms with Crippen LogP contribution in [0.5, 0.6) is 5.75 Å². The van der Waals surface area contributed by atoms with Crippen molar-refractivity contribution in [2.24, 2.45) is 0 Å². The maximum atomic E-state index is 12.0. The van der Waals surface area contributed by atoms with Crippen LogP contribution in [0, 0.1) is 0 Å². The van der Waals surface area contributed by atoms with Gasteiger partial charge < -0.3 is 15.4 Å². The highest BCUT2D eigenvalue weighted by atomic mass is 35.5. The number of halogens is 2.